The van der Waals surface area contributed by atoms with E-state index in [0.717, 1.165) is 19.3 Å². The van der Waals surface area contributed by atoms with Crippen molar-refractivity contribution in [2.24, 2.45) is 5.92 Å². The summed E-state index contributed by atoms with van der Waals surface area (Å²) in [6, 6.07) is 10.5. The Labute approximate surface area is 137 Å². The molecule has 1 aromatic rings. The number of rotatable bonds is 2. The maximum Gasteiger partial charge on any atom is 0.312 e. The predicted molar refractivity (Wildman–Crippen MR) is 86.8 cm³/mol. The van der Waals surface area contributed by atoms with Crippen molar-refractivity contribution < 1.29 is 14.3 Å². The Morgan fingerprint density at radius 1 is 0.913 bits per heavy atom. The molecule has 0 N–H and O–H groups in total. The van der Waals surface area contributed by atoms with Gasteiger partial charge < -0.3 is 14.5 Å². The molecule has 0 aromatic heterocycles. The third-order valence-corrected chi connectivity index (χ3v) is 4.75. The van der Waals surface area contributed by atoms with Gasteiger partial charge >= 0.3 is 11.8 Å². The highest BCUT2D eigenvalue weighted by atomic mass is 16.5. The van der Waals surface area contributed by atoms with Crippen LogP contribution in [0, 0.1) is 5.92 Å². The third kappa shape index (κ3) is 4.10. The number of nitrogens with zero attached hydrogens (tertiary/aromatic N) is 2. The van der Waals surface area contributed by atoms with E-state index in [9.17, 15) is 9.59 Å². The third-order valence-electron chi connectivity index (χ3n) is 4.75. The fourth-order valence-electron chi connectivity index (χ4n) is 3.32. The summed E-state index contributed by atoms with van der Waals surface area (Å²) in [4.78, 5) is 27.9. The molecule has 0 atom stereocenters. The van der Waals surface area contributed by atoms with Gasteiger partial charge in [0, 0.05) is 26.2 Å². The Morgan fingerprint density at radius 3 is 2.09 bits per heavy atom. The smallest absolute Gasteiger partial charge is 0.312 e. The summed E-state index contributed by atoms with van der Waals surface area (Å²) in [5, 5.41) is 0. The van der Waals surface area contributed by atoms with Crippen LogP contribution >= 0.6 is 0 Å². The molecule has 0 unspecified atom stereocenters. The Kier molecular flexibility index (Phi) is 5.28. The zero-order valence-corrected chi connectivity index (χ0v) is 13.4. The van der Waals surface area contributed by atoms with Gasteiger partial charge in [-0.1, -0.05) is 30.3 Å². The highest BCUT2D eigenvalue weighted by Gasteiger charge is 2.30. The van der Waals surface area contributed by atoms with Gasteiger partial charge in [-0.05, 0) is 30.7 Å². The van der Waals surface area contributed by atoms with Crippen LogP contribution in [0.1, 0.15) is 18.4 Å². The van der Waals surface area contributed by atoms with E-state index in [-0.39, 0.29) is 11.8 Å². The molecule has 2 fully saturated rings. The van der Waals surface area contributed by atoms with Crippen molar-refractivity contribution >= 4 is 11.8 Å². The molecule has 5 nitrogen and oxygen atoms in total. The molecule has 2 heterocycles. The molecule has 3 rings (SSSR count). The summed E-state index contributed by atoms with van der Waals surface area (Å²) in [5.41, 5.74) is 1.35. The Balaban J connectivity index is 1.48. The summed E-state index contributed by atoms with van der Waals surface area (Å²) in [6.07, 6.45) is 2.99. The second-order valence-electron chi connectivity index (χ2n) is 6.33. The minimum Gasteiger partial charge on any atom is -0.378 e. The summed E-state index contributed by atoms with van der Waals surface area (Å²) in [7, 11) is 0. The van der Waals surface area contributed by atoms with E-state index in [1.165, 1.54) is 5.56 Å². The lowest BCUT2D eigenvalue weighted by Gasteiger charge is -2.34. The lowest BCUT2D eigenvalue weighted by atomic mass is 9.90. The van der Waals surface area contributed by atoms with E-state index < -0.39 is 0 Å². The molecule has 2 aliphatic rings. The molecule has 0 saturated carbocycles. The molecule has 124 valence electrons. The number of carbonyl (C=O) groups excluding carboxylic acids is 2. The van der Waals surface area contributed by atoms with Crippen LogP contribution in [-0.4, -0.2) is 61.0 Å². The first-order chi connectivity index (χ1) is 11.2. The van der Waals surface area contributed by atoms with Gasteiger partial charge in [-0.25, -0.2) is 0 Å². The molecular weight excluding hydrogens is 292 g/mol. The predicted octanol–water partition coefficient (Wildman–Crippen LogP) is 1.33. The number of benzene rings is 1. The van der Waals surface area contributed by atoms with Crippen molar-refractivity contribution in [1.29, 1.82) is 0 Å². The normalized spacial score (nSPS) is 19.7. The lowest BCUT2D eigenvalue weighted by Crippen LogP contribution is -2.51. The largest absolute Gasteiger partial charge is 0.378 e. The summed E-state index contributed by atoms with van der Waals surface area (Å²) >= 11 is 0. The molecule has 2 aliphatic heterocycles. The highest BCUT2D eigenvalue weighted by molar-refractivity contribution is 6.34. The van der Waals surface area contributed by atoms with Crippen molar-refractivity contribution in [2.75, 3.05) is 39.4 Å². The van der Waals surface area contributed by atoms with Gasteiger partial charge in [0.25, 0.3) is 0 Å². The summed E-state index contributed by atoms with van der Waals surface area (Å²) in [6.45, 7) is 3.47. The first kappa shape index (κ1) is 16.0. The van der Waals surface area contributed by atoms with Gasteiger partial charge in [0.05, 0.1) is 13.2 Å². The molecule has 2 saturated heterocycles. The van der Waals surface area contributed by atoms with Crippen LogP contribution in [0.5, 0.6) is 0 Å². The van der Waals surface area contributed by atoms with Crippen molar-refractivity contribution in [2.45, 2.75) is 19.3 Å². The Hall–Kier alpha value is -1.88. The molecule has 2 amide bonds. The Morgan fingerprint density at radius 2 is 1.48 bits per heavy atom. The van der Waals surface area contributed by atoms with Crippen LogP contribution in [-0.2, 0) is 20.7 Å². The SMILES string of the molecule is O=C(C(=O)N1CCC(Cc2ccccc2)CC1)N1CCOCC1. The minimum atomic E-state index is -0.366. The maximum absolute atomic E-state index is 12.4. The van der Waals surface area contributed by atoms with Gasteiger partial charge in [-0.3, -0.25) is 9.59 Å². The van der Waals surface area contributed by atoms with Crippen LogP contribution in [0.15, 0.2) is 30.3 Å². The molecule has 1 aromatic carbocycles. The number of likely N-dealkylation sites (tertiary alicyclic amines) is 1. The number of hydrogen-bond acceptors (Lipinski definition) is 3. The fraction of sp³-hybridized carbons (Fsp3) is 0.556. The van der Waals surface area contributed by atoms with Gasteiger partial charge in [0.15, 0.2) is 0 Å². The fourth-order valence-corrected chi connectivity index (χ4v) is 3.32. The van der Waals surface area contributed by atoms with Gasteiger partial charge in [-0.15, -0.1) is 0 Å². The second-order valence-corrected chi connectivity index (χ2v) is 6.33. The van der Waals surface area contributed by atoms with Crippen LogP contribution in [0.25, 0.3) is 0 Å². The molecule has 0 spiro atoms. The molecule has 0 bridgehead atoms. The Bertz CT molecular complexity index is 532. The van der Waals surface area contributed by atoms with Gasteiger partial charge in [0.1, 0.15) is 0 Å². The number of ether oxygens (including phenoxy) is 1. The van der Waals surface area contributed by atoms with Crippen molar-refractivity contribution in [3.05, 3.63) is 35.9 Å². The average Bonchev–Trinajstić information content (AvgIpc) is 2.63. The standard InChI is InChI=1S/C18H24N2O3/c21-17(18(22)20-10-12-23-13-11-20)19-8-6-16(7-9-19)14-15-4-2-1-3-5-15/h1-5,16H,6-14H2. The number of amides is 2. The lowest BCUT2D eigenvalue weighted by molar-refractivity contribution is -0.154. The van der Waals surface area contributed by atoms with Crippen LogP contribution < -0.4 is 0 Å². The van der Waals surface area contributed by atoms with E-state index in [1.54, 1.807) is 9.80 Å². The highest BCUT2D eigenvalue weighted by Crippen LogP contribution is 2.22. The topological polar surface area (TPSA) is 49.9 Å². The minimum absolute atomic E-state index is 0.343. The first-order valence-corrected chi connectivity index (χ1v) is 8.44. The number of morpholine rings is 1. The van der Waals surface area contributed by atoms with E-state index in [1.807, 2.05) is 6.07 Å². The van der Waals surface area contributed by atoms with Gasteiger partial charge in [-0.2, -0.15) is 0 Å². The maximum atomic E-state index is 12.4. The molecular formula is C18H24N2O3. The summed E-state index contributed by atoms with van der Waals surface area (Å²) < 4.78 is 5.23. The zero-order valence-electron chi connectivity index (χ0n) is 13.4. The quantitative estimate of drug-likeness (QED) is 0.774. The van der Waals surface area contributed by atoms with Crippen LogP contribution in [0.4, 0.5) is 0 Å². The van der Waals surface area contributed by atoms with E-state index in [2.05, 4.69) is 24.3 Å². The molecule has 0 radical (unpaired) electrons. The van der Waals surface area contributed by atoms with Crippen molar-refractivity contribution in [1.82, 2.24) is 9.80 Å². The van der Waals surface area contributed by atoms with Crippen LogP contribution in [0.2, 0.25) is 0 Å². The number of piperidine rings is 1. The van der Waals surface area contributed by atoms with E-state index in [4.69, 9.17) is 4.74 Å². The zero-order chi connectivity index (χ0) is 16.1. The van der Waals surface area contributed by atoms with Crippen LogP contribution in [0.3, 0.4) is 0 Å². The van der Waals surface area contributed by atoms with Crippen molar-refractivity contribution in [3.63, 3.8) is 0 Å². The van der Waals surface area contributed by atoms with Gasteiger partial charge in [0.2, 0.25) is 0 Å². The number of hydrogen-bond donors (Lipinski definition) is 0. The first-order valence-electron chi connectivity index (χ1n) is 8.44. The summed E-state index contributed by atoms with van der Waals surface area (Å²) in [5.74, 6) is -0.111. The van der Waals surface area contributed by atoms with E-state index >= 15 is 0 Å². The van der Waals surface area contributed by atoms with Crippen molar-refractivity contribution in [3.8, 4) is 0 Å². The average molecular weight is 316 g/mol. The molecule has 23 heavy (non-hydrogen) atoms. The molecule has 5 heteroatoms. The monoisotopic (exact) mass is 316 g/mol. The number of carbonyl (C=O) groups is 2. The van der Waals surface area contributed by atoms with E-state index in [0.29, 0.717) is 45.3 Å². The second kappa shape index (κ2) is 7.59. The molecule has 0 aliphatic carbocycles.